The first-order valence-electron chi connectivity index (χ1n) is 6.46. The highest BCUT2D eigenvalue weighted by atomic mass is 16.5. The smallest absolute Gasteiger partial charge is 0.118 e. The Labute approximate surface area is 108 Å². The molecule has 0 aliphatic rings. The molecular weight excluding hydrogens is 224 g/mol. The normalized spacial score (nSPS) is 10.6. The maximum Gasteiger partial charge on any atom is 0.118 e. The van der Waals surface area contributed by atoms with Crippen LogP contribution in [-0.2, 0) is 19.4 Å². The van der Waals surface area contributed by atoms with Crippen molar-refractivity contribution in [1.82, 2.24) is 9.55 Å². The minimum Gasteiger partial charge on any atom is -0.497 e. The summed E-state index contributed by atoms with van der Waals surface area (Å²) in [5.41, 5.74) is 1.33. The number of rotatable bonds is 6. The lowest BCUT2D eigenvalue weighted by Crippen LogP contribution is -2.05. The number of methoxy groups -OCH3 is 1. The number of aryl methyl sites for hydroxylation is 3. The highest BCUT2D eigenvalue weighted by Gasteiger charge is 2.02. The van der Waals surface area contributed by atoms with Crippen molar-refractivity contribution >= 4 is 0 Å². The van der Waals surface area contributed by atoms with Crippen molar-refractivity contribution in [1.29, 1.82) is 0 Å². The largest absolute Gasteiger partial charge is 0.497 e. The van der Waals surface area contributed by atoms with Crippen LogP contribution in [0.2, 0.25) is 0 Å². The lowest BCUT2D eigenvalue weighted by molar-refractivity contribution is 0.414. The van der Waals surface area contributed by atoms with Crippen molar-refractivity contribution in [3.63, 3.8) is 0 Å². The van der Waals surface area contributed by atoms with E-state index < -0.39 is 0 Å². The molecule has 0 saturated heterocycles. The van der Waals surface area contributed by atoms with Crippen LogP contribution in [0.25, 0.3) is 0 Å². The molecule has 0 atom stereocenters. The summed E-state index contributed by atoms with van der Waals surface area (Å²) in [6.45, 7) is 3.17. The second-order valence-electron chi connectivity index (χ2n) is 4.38. The predicted octanol–water partition coefficient (Wildman–Crippen LogP) is 3.09. The maximum absolute atomic E-state index is 5.16. The number of ether oxygens (including phenoxy) is 1. The lowest BCUT2D eigenvalue weighted by Gasteiger charge is -2.07. The Morgan fingerprint density at radius 1 is 1.17 bits per heavy atom. The molecule has 18 heavy (non-hydrogen) atoms. The van der Waals surface area contributed by atoms with Crippen LogP contribution < -0.4 is 4.74 Å². The summed E-state index contributed by atoms with van der Waals surface area (Å²) >= 11 is 0. The molecule has 1 heterocycles. The topological polar surface area (TPSA) is 27.1 Å². The van der Waals surface area contributed by atoms with E-state index in [-0.39, 0.29) is 0 Å². The van der Waals surface area contributed by atoms with Crippen molar-refractivity contribution in [3.8, 4) is 5.75 Å². The SMILES string of the molecule is CCCc1nccn1CCc1ccc(OC)cc1. The van der Waals surface area contributed by atoms with Gasteiger partial charge in [-0.3, -0.25) is 0 Å². The molecule has 0 bridgehead atoms. The molecule has 2 aromatic rings. The third-order valence-corrected chi connectivity index (χ3v) is 3.08. The first-order valence-corrected chi connectivity index (χ1v) is 6.46. The maximum atomic E-state index is 5.16. The Morgan fingerprint density at radius 3 is 2.61 bits per heavy atom. The van der Waals surface area contributed by atoms with Crippen LogP contribution in [0.15, 0.2) is 36.7 Å². The first kappa shape index (κ1) is 12.7. The Bertz CT molecular complexity index is 473. The van der Waals surface area contributed by atoms with Gasteiger partial charge in [0, 0.05) is 25.4 Å². The zero-order valence-corrected chi connectivity index (χ0v) is 11.1. The quantitative estimate of drug-likeness (QED) is 0.780. The molecule has 2 rings (SSSR count). The third kappa shape index (κ3) is 3.13. The van der Waals surface area contributed by atoms with Gasteiger partial charge in [0.15, 0.2) is 0 Å². The van der Waals surface area contributed by atoms with Crippen LogP contribution in [0.3, 0.4) is 0 Å². The van der Waals surface area contributed by atoms with E-state index in [2.05, 4.69) is 34.8 Å². The van der Waals surface area contributed by atoms with Gasteiger partial charge in [0.05, 0.1) is 7.11 Å². The Morgan fingerprint density at radius 2 is 1.94 bits per heavy atom. The summed E-state index contributed by atoms with van der Waals surface area (Å²) in [7, 11) is 1.69. The number of benzene rings is 1. The average molecular weight is 244 g/mol. The van der Waals surface area contributed by atoms with Crippen LogP contribution in [0, 0.1) is 0 Å². The third-order valence-electron chi connectivity index (χ3n) is 3.08. The van der Waals surface area contributed by atoms with Crippen molar-refractivity contribution < 1.29 is 4.74 Å². The molecule has 1 aromatic carbocycles. The summed E-state index contributed by atoms with van der Waals surface area (Å²) in [5, 5.41) is 0. The average Bonchev–Trinajstić information content (AvgIpc) is 2.85. The summed E-state index contributed by atoms with van der Waals surface area (Å²) in [6.07, 6.45) is 7.17. The molecule has 0 saturated carbocycles. The molecule has 0 amide bonds. The summed E-state index contributed by atoms with van der Waals surface area (Å²) in [5.74, 6) is 2.10. The van der Waals surface area contributed by atoms with Crippen molar-refractivity contribution in [3.05, 3.63) is 48.0 Å². The zero-order valence-electron chi connectivity index (χ0n) is 11.1. The summed E-state index contributed by atoms with van der Waals surface area (Å²) in [4.78, 5) is 4.39. The minimum atomic E-state index is 0.910. The van der Waals surface area contributed by atoms with E-state index in [1.807, 2.05) is 18.3 Å². The van der Waals surface area contributed by atoms with Gasteiger partial charge >= 0.3 is 0 Å². The number of aromatic nitrogens is 2. The van der Waals surface area contributed by atoms with Gasteiger partial charge in [-0.25, -0.2) is 4.98 Å². The van der Waals surface area contributed by atoms with E-state index in [1.165, 1.54) is 11.4 Å². The first-order chi connectivity index (χ1) is 8.83. The molecule has 0 N–H and O–H groups in total. The van der Waals surface area contributed by atoms with Gasteiger partial charge in [-0.15, -0.1) is 0 Å². The molecule has 0 radical (unpaired) electrons. The second kappa shape index (κ2) is 6.24. The van der Waals surface area contributed by atoms with Crippen LogP contribution in [0.1, 0.15) is 24.7 Å². The van der Waals surface area contributed by atoms with Gasteiger partial charge in [0.1, 0.15) is 11.6 Å². The van der Waals surface area contributed by atoms with Gasteiger partial charge in [-0.05, 0) is 30.5 Å². The minimum absolute atomic E-state index is 0.910. The van der Waals surface area contributed by atoms with E-state index in [4.69, 9.17) is 4.74 Å². The number of imidazole rings is 1. The molecule has 0 spiro atoms. The highest BCUT2D eigenvalue weighted by molar-refractivity contribution is 5.27. The molecule has 1 aromatic heterocycles. The molecule has 0 aliphatic carbocycles. The molecule has 3 heteroatoms. The fraction of sp³-hybridized carbons (Fsp3) is 0.400. The fourth-order valence-corrected chi connectivity index (χ4v) is 2.04. The van der Waals surface area contributed by atoms with Gasteiger partial charge in [-0.1, -0.05) is 19.1 Å². The Kier molecular flexibility index (Phi) is 4.40. The number of nitrogens with zero attached hydrogens (tertiary/aromatic N) is 2. The van der Waals surface area contributed by atoms with E-state index >= 15 is 0 Å². The molecule has 3 nitrogen and oxygen atoms in total. The van der Waals surface area contributed by atoms with Crippen molar-refractivity contribution in [2.24, 2.45) is 0 Å². The molecule has 0 fully saturated rings. The zero-order chi connectivity index (χ0) is 12.8. The molecule has 0 unspecified atom stereocenters. The van der Waals surface area contributed by atoms with Crippen LogP contribution in [0.5, 0.6) is 5.75 Å². The van der Waals surface area contributed by atoms with Crippen LogP contribution >= 0.6 is 0 Å². The number of hydrogen-bond donors (Lipinski definition) is 0. The molecular formula is C15H20N2O. The summed E-state index contributed by atoms with van der Waals surface area (Å²) in [6, 6.07) is 8.26. The van der Waals surface area contributed by atoms with Gasteiger partial charge in [0.25, 0.3) is 0 Å². The fourth-order valence-electron chi connectivity index (χ4n) is 2.04. The monoisotopic (exact) mass is 244 g/mol. The van der Waals surface area contributed by atoms with Crippen LogP contribution in [-0.4, -0.2) is 16.7 Å². The van der Waals surface area contributed by atoms with E-state index in [1.54, 1.807) is 7.11 Å². The Balaban J connectivity index is 1.95. The van der Waals surface area contributed by atoms with E-state index in [0.29, 0.717) is 0 Å². The number of hydrogen-bond acceptors (Lipinski definition) is 2. The summed E-state index contributed by atoms with van der Waals surface area (Å²) < 4.78 is 7.40. The van der Waals surface area contributed by atoms with E-state index in [9.17, 15) is 0 Å². The second-order valence-corrected chi connectivity index (χ2v) is 4.38. The van der Waals surface area contributed by atoms with Gasteiger partial charge in [0.2, 0.25) is 0 Å². The van der Waals surface area contributed by atoms with Crippen molar-refractivity contribution in [2.75, 3.05) is 7.11 Å². The highest BCUT2D eigenvalue weighted by Crippen LogP contribution is 2.12. The lowest BCUT2D eigenvalue weighted by atomic mass is 10.1. The van der Waals surface area contributed by atoms with Crippen molar-refractivity contribution in [2.45, 2.75) is 32.7 Å². The predicted molar refractivity (Wildman–Crippen MR) is 72.9 cm³/mol. The van der Waals surface area contributed by atoms with Gasteiger partial charge < -0.3 is 9.30 Å². The Hall–Kier alpha value is -1.77. The molecule has 96 valence electrons. The van der Waals surface area contributed by atoms with E-state index in [0.717, 1.165) is 31.6 Å². The van der Waals surface area contributed by atoms with Gasteiger partial charge in [-0.2, -0.15) is 0 Å². The standard InChI is InChI=1S/C15H20N2O/c1-3-4-15-16-10-12-17(15)11-9-13-5-7-14(18-2)8-6-13/h5-8,10,12H,3-4,9,11H2,1-2H3. The molecule has 0 aliphatic heterocycles. The van der Waals surface area contributed by atoms with Crippen LogP contribution in [0.4, 0.5) is 0 Å².